The van der Waals surface area contributed by atoms with Crippen molar-refractivity contribution < 1.29 is 24.3 Å². The molecule has 0 aliphatic rings. The molecule has 0 saturated carbocycles. The molecule has 37 heavy (non-hydrogen) atoms. The molecule has 1 aromatic carbocycles. The number of hydrogen-bond acceptors (Lipinski definition) is 9. The van der Waals surface area contributed by atoms with Crippen LogP contribution in [0, 0.1) is 13.8 Å². The lowest BCUT2D eigenvalue weighted by atomic mass is 10.0. The number of aromatic nitrogens is 2. The number of primary amides is 1. The van der Waals surface area contributed by atoms with Crippen LogP contribution in [0.1, 0.15) is 55.7 Å². The highest BCUT2D eigenvalue weighted by Crippen LogP contribution is 2.34. The summed E-state index contributed by atoms with van der Waals surface area (Å²) < 4.78 is 11.5. The van der Waals surface area contributed by atoms with Gasteiger partial charge in [0.1, 0.15) is 18.5 Å². The monoisotopic (exact) mass is 530 g/mol. The zero-order valence-corrected chi connectivity index (χ0v) is 23.3. The third-order valence-corrected chi connectivity index (χ3v) is 7.58. The molecule has 202 valence electrons. The first-order valence-electron chi connectivity index (χ1n) is 12.6. The number of aryl methyl sites for hydroxylation is 3. The quantitative estimate of drug-likeness (QED) is 0.303. The molecular formula is C27H38N4O5S. The lowest BCUT2D eigenvalue weighted by Gasteiger charge is -2.24. The fourth-order valence-electron chi connectivity index (χ4n) is 4.13. The second kappa shape index (κ2) is 12.6. The highest BCUT2D eigenvalue weighted by atomic mass is 32.1. The molecule has 10 heteroatoms. The molecule has 1 amide bonds. The molecule has 1 unspecified atom stereocenters. The minimum atomic E-state index is -1.41. The Bertz CT molecular complexity index is 1210. The number of amides is 1. The predicted octanol–water partition coefficient (Wildman–Crippen LogP) is 3.85. The fourth-order valence-corrected chi connectivity index (χ4v) is 5.26. The molecule has 2 aromatic heterocycles. The topological polar surface area (TPSA) is 135 Å². The van der Waals surface area contributed by atoms with E-state index in [-0.39, 0.29) is 13.0 Å². The molecule has 2 heterocycles. The molecule has 0 fully saturated rings. The Labute approximate surface area is 222 Å². The molecule has 0 aliphatic carbocycles. The highest BCUT2D eigenvalue weighted by molar-refractivity contribution is 7.15. The number of ether oxygens (including phenoxy) is 1. The van der Waals surface area contributed by atoms with Gasteiger partial charge in [0.25, 0.3) is 5.89 Å². The van der Waals surface area contributed by atoms with Crippen molar-refractivity contribution in [2.75, 3.05) is 13.2 Å². The van der Waals surface area contributed by atoms with Crippen LogP contribution in [0.4, 0.5) is 0 Å². The van der Waals surface area contributed by atoms with Gasteiger partial charge in [-0.1, -0.05) is 19.0 Å². The third kappa shape index (κ3) is 7.16. The van der Waals surface area contributed by atoms with E-state index in [1.807, 2.05) is 26.0 Å². The molecular weight excluding hydrogens is 492 g/mol. The summed E-state index contributed by atoms with van der Waals surface area (Å²) in [7, 11) is 0. The number of carbonyl (C=O) groups excluding carboxylic acids is 1. The largest absolute Gasteiger partial charge is 0.490 e. The number of benzene rings is 1. The minimum absolute atomic E-state index is 0.0732. The Morgan fingerprint density at radius 3 is 2.54 bits per heavy atom. The normalized spacial score (nSPS) is 13.4. The molecule has 0 aliphatic heterocycles. The maximum Gasteiger partial charge on any atom is 0.268 e. The van der Waals surface area contributed by atoms with Gasteiger partial charge in [0.15, 0.2) is 0 Å². The Balaban J connectivity index is 1.78. The van der Waals surface area contributed by atoms with E-state index in [9.17, 15) is 15.0 Å². The van der Waals surface area contributed by atoms with Crippen LogP contribution in [0.5, 0.6) is 5.75 Å². The van der Waals surface area contributed by atoms with Crippen molar-refractivity contribution >= 4 is 17.2 Å². The molecule has 4 N–H and O–H groups in total. The van der Waals surface area contributed by atoms with Gasteiger partial charge in [-0.2, -0.15) is 4.98 Å². The third-order valence-electron chi connectivity index (χ3n) is 6.38. The molecule has 0 bridgehead atoms. The first kappa shape index (κ1) is 28.8. The van der Waals surface area contributed by atoms with Crippen LogP contribution in [0.2, 0.25) is 0 Å². The summed E-state index contributed by atoms with van der Waals surface area (Å²) in [5, 5.41) is 23.9. The minimum Gasteiger partial charge on any atom is -0.490 e. The summed E-state index contributed by atoms with van der Waals surface area (Å²) in [5.41, 5.74) is 8.86. The number of hydrogen-bond donors (Lipinski definition) is 3. The summed E-state index contributed by atoms with van der Waals surface area (Å²) in [6.45, 7) is 14.4. The summed E-state index contributed by atoms with van der Waals surface area (Å²) in [5.74, 6) is 0.760. The summed E-state index contributed by atoms with van der Waals surface area (Å²) >= 11 is 1.68. The lowest BCUT2D eigenvalue weighted by Crippen LogP contribution is -2.33. The Kier molecular flexibility index (Phi) is 9.83. The zero-order chi connectivity index (χ0) is 27.3. The van der Waals surface area contributed by atoms with Gasteiger partial charge >= 0.3 is 0 Å². The second-order valence-corrected chi connectivity index (χ2v) is 10.7. The highest BCUT2D eigenvalue weighted by Gasteiger charge is 2.20. The molecule has 9 nitrogen and oxygen atoms in total. The van der Waals surface area contributed by atoms with Crippen molar-refractivity contribution in [2.45, 2.75) is 79.2 Å². The van der Waals surface area contributed by atoms with Gasteiger partial charge in [-0.05, 0) is 75.5 Å². The maximum absolute atomic E-state index is 11.0. The standard InChI is InChI=1S/C27H38N4O5S/c1-7-18-11-19(9-17(6)24(18)35-14-20(32)12-21(33)25(28)34)26-29-27(36-30-26)22-10-16(5)23(37-22)13-31(8-2)15(3)4/h9-11,15,20-21,32-33H,7-8,12-14H2,1-6H3,(H2,28,34)/t20-,21?/m0/s1. The fraction of sp³-hybridized carbons (Fsp3) is 0.519. The van der Waals surface area contributed by atoms with Crippen LogP contribution in [-0.4, -0.2) is 62.6 Å². The molecule has 0 spiro atoms. The van der Waals surface area contributed by atoms with E-state index < -0.39 is 18.1 Å². The molecule has 0 saturated heterocycles. The summed E-state index contributed by atoms with van der Waals surface area (Å²) in [6.07, 6.45) is -1.94. The van der Waals surface area contributed by atoms with Gasteiger partial charge in [0.05, 0.1) is 11.0 Å². The number of aliphatic hydroxyl groups excluding tert-OH is 2. The van der Waals surface area contributed by atoms with Crippen LogP contribution >= 0.6 is 11.3 Å². The Hall–Kier alpha value is -2.79. The van der Waals surface area contributed by atoms with E-state index in [1.165, 1.54) is 10.4 Å². The smallest absolute Gasteiger partial charge is 0.268 e. The average molecular weight is 531 g/mol. The van der Waals surface area contributed by atoms with Crippen LogP contribution in [0.3, 0.4) is 0 Å². The summed E-state index contributed by atoms with van der Waals surface area (Å²) in [4.78, 5) is 20.4. The van der Waals surface area contributed by atoms with Crippen molar-refractivity contribution in [1.82, 2.24) is 15.0 Å². The predicted molar refractivity (Wildman–Crippen MR) is 144 cm³/mol. The zero-order valence-electron chi connectivity index (χ0n) is 22.4. The summed E-state index contributed by atoms with van der Waals surface area (Å²) in [6, 6.07) is 6.44. The second-order valence-electron chi connectivity index (χ2n) is 9.55. The van der Waals surface area contributed by atoms with E-state index in [0.29, 0.717) is 29.9 Å². The number of carbonyl (C=O) groups is 1. The number of thiophene rings is 1. The van der Waals surface area contributed by atoms with Crippen LogP contribution in [0.25, 0.3) is 22.2 Å². The number of nitrogens with zero attached hydrogens (tertiary/aromatic N) is 3. The lowest BCUT2D eigenvalue weighted by molar-refractivity contribution is -0.127. The Morgan fingerprint density at radius 2 is 1.92 bits per heavy atom. The number of aliphatic hydroxyl groups is 2. The molecule has 0 radical (unpaired) electrons. The Morgan fingerprint density at radius 1 is 1.19 bits per heavy atom. The van der Waals surface area contributed by atoms with Crippen molar-refractivity contribution in [3.63, 3.8) is 0 Å². The molecule has 2 atom stereocenters. The first-order chi connectivity index (χ1) is 17.5. The van der Waals surface area contributed by atoms with E-state index in [0.717, 1.165) is 34.7 Å². The van der Waals surface area contributed by atoms with Gasteiger partial charge in [0, 0.05) is 29.4 Å². The van der Waals surface area contributed by atoms with E-state index in [4.69, 9.17) is 15.0 Å². The average Bonchev–Trinajstić information content (AvgIpc) is 3.47. The molecule has 3 aromatic rings. The van der Waals surface area contributed by atoms with Crippen molar-refractivity contribution in [3.8, 4) is 27.9 Å². The van der Waals surface area contributed by atoms with Crippen LogP contribution in [-0.2, 0) is 17.8 Å². The van der Waals surface area contributed by atoms with Gasteiger partial charge in [0.2, 0.25) is 11.7 Å². The van der Waals surface area contributed by atoms with Crippen molar-refractivity contribution in [3.05, 3.63) is 39.8 Å². The number of nitrogens with two attached hydrogens (primary N) is 1. The van der Waals surface area contributed by atoms with Gasteiger partial charge < -0.3 is 25.2 Å². The van der Waals surface area contributed by atoms with Gasteiger partial charge in [-0.15, -0.1) is 11.3 Å². The maximum atomic E-state index is 11.0. The van der Waals surface area contributed by atoms with Crippen LogP contribution in [0.15, 0.2) is 22.7 Å². The van der Waals surface area contributed by atoms with Gasteiger partial charge in [-0.25, -0.2) is 0 Å². The first-order valence-corrected chi connectivity index (χ1v) is 13.4. The van der Waals surface area contributed by atoms with Crippen LogP contribution < -0.4 is 10.5 Å². The van der Waals surface area contributed by atoms with E-state index in [1.54, 1.807) is 11.3 Å². The number of rotatable bonds is 13. The van der Waals surface area contributed by atoms with Crippen molar-refractivity contribution in [2.24, 2.45) is 5.73 Å². The molecule has 3 rings (SSSR count). The van der Waals surface area contributed by atoms with Crippen molar-refractivity contribution in [1.29, 1.82) is 0 Å². The van der Waals surface area contributed by atoms with E-state index in [2.05, 4.69) is 48.8 Å². The SMILES string of the molecule is CCc1cc(-c2noc(-c3cc(C)c(CN(CC)C(C)C)s3)n2)cc(C)c1OC[C@@H](O)CC(O)C(N)=O. The van der Waals surface area contributed by atoms with Gasteiger partial charge in [-0.3, -0.25) is 9.69 Å². The van der Waals surface area contributed by atoms with E-state index >= 15 is 0 Å².